The second-order valence-corrected chi connectivity index (χ2v) is 11.9. The van der Waals surface area contributed by atoms with Crippen LogP contribution < -0.4 is 24.4 Å². The van der Waals surface area contributed by atoms with Gasteiger partial charge in [-0.3, -0.25) is 9.36 Å². The molecule has 1 aromatic heterocycles. The van der Waals surface area contributed by atoms with Crippen molar-refractivity contribution in [2.24, 2.45) is 4.99 Å². The highest BCUT2D eigenvalue weighted by molar-refractivity contribution is 7.07. The monoisotopic (exact) mass is 680 g/mol. The van der Waals surface area contributed by atoms with Crippen molar-refractivity contribution < 1.29 is 28.5 Å². The Morgan fingerprint density at radius 1 is 0.978 bits per heavy atom. The van der Waals surface area contributed by atoms with Gasteiger partial charge in [0.2, 0.25) is 0 Å². The lowest BCUT2D eigenvalue weighted by Crippen LogP contribution is -2.40. The second kappa shape index (κ2) is 14.4. The van der Waals surface area contributed by atoms with E-state index in [1.165, 1.54) is 23.0 Å². The molecule has 0 unspecified atom stereocenters. The lowest BCUT2D eigenvalue weighted by Gasteiger charge is -2.25. The minimum atomic E-state index is -0.827. The van der Waals surface area contributed by atoms with Crippen LogP contribution in [-0.2, 0) is 20.9 Å². The van der Waals surface area contributed by atoms with E-state index in [0.717, 1.165) is 5.56 Å². The molecule has 12 heteroatoms. The van der Waals surface area contributed by atoms with Crippen molar-refractivity contribution in [2.75, 3.05) is 20.3 Å². The van der Waals surface area contributed by atoms with Crippen LogP contribution in [-0.4, -0.2) is 36.8 Å². The molecule has 0 saturated carbocycles. The van der Waals surface area contributed by atoms with E-state index in [1.807, 2.05) is 0 Å². The largest absolute Gasteiger partial charge is 0.493 e. The van der Waals surface area contributed by atoms with Crippen LogP contribution in [0.1, 0.15) is 53.9 Å². The number of halogens is 2. The van der Waals surface area contributed by atoms with Gasteiger partial charge in [0.1, 0.15) is 12.6 Å². The summed E-state index contributed by atoms with van der Waals surface area (Å²) in [6, 6.07) is 16.5. The van der Waals surface area contributed by atoms with E-state index < -0.39 is 18.0 Å². The highest BCUT2D eigenvalue weighted by atomic mass is 35.5. The number of fused-ring (bicyclic) bond motifs is 1. The topological polar surface area (TPSA) is 105 Å². The van der Waals surface area contributed by atoms with Gasteiger partial charge in [-0.2, -0.15) is 0 Å². The third-order valence-corrected chi connectivity index (χ3v) is 8.72. The molecule has 1 aliphatic heterocycles. The Morgan fingerprint density at radius 2 is 1.67 bits per heavy atom. The minimum absolute atomic E-state index is 0.166. The van der Waals surface area contributed by atoms with Crippen molar-refractivity contribution in [2.45, 2.75) is 33.4 Å². The molecule has 0 spiro atoms. The van der Waals surface area contributed by atoms with E-state index in [0.29, 0.717) is 54.8 Å². The van der Waals surface area contributed by atoms with Gasteiger partial charge in [-0.1, -0.05) is 64.9 Å². The first kappa shape index (κ1) is 33.0. The van der Waals surface area contributed by atoms with Crippen molar-refractivity contribution in [1.82, 2.24) is 4.57 Å². The van der Waals surface area contributed by atoms with Gasteiger partial charge in [0.25, 0.3) is 5.56 Å². The Morgan fingerprint density at radius 3 is 2.35 bits per heavy atom. The van der Waals surface area contributed by atoms with E-state index in [-0.39, 0.29) is 29.4 Å². The average molecular weight is 682 g/mol. The number of benzene rings is 3. The van der Waals surface area contributed by atoms with E-state index in [2.05, 4.69) is 4.99 Å². The number of esters is 2. The SMILES string of the molecule is CCOC(=O)C1=C(C)N=c2s/c(=C\c3cc(Cl)c(OCc4ccc(C(=O)OCC)cc4)c(OC)c3)c(=O)n2[C@H]1c1ccccc1Cl. The van der Waals surface area contributed by atoms with Crippen LogP contribution in [0.25, 0.3) is 6.08 Å². The quantitative estimate of drug-likeness (QED) is 0.193. The fourth-order valence-corrected chi connectivity index (χ4v) is 6.56. The minimum Gasteiger partial charge on any atom is -0.493 e. The van der Waals surface area contributed by atoms with Crippen LogP contribution >= 0.6 is 34.5 Å². The van der Waals surface area contributed by atoms with Gasteiger partial charge in [-0.05, 0) is 73.9 Å². The van der Waals surface area contributed by atoms with Gasteiger partial charge in [0, 0.05) is 5.02 Å². The molecular weight excluding hydrogens is 651 g/mol. The average Bonchev–Trinajstić information content (AvgIpc) is 3.34. The summed E-state index contributed by atoms with van der Waals surface area (Å²) in [4.78, 5) is 44.0. The third-order valence-electron chi connectivity index (χ3n) is 7.11. The number of hydrogen-bond donors (Lipinski definition) is 0. The van der Waals surface area contributed by atoms with Crippen molar-refractivity contribution >= 4 is 52.6 Å². The number of ether oxygens (including phenoxy) is 4. The van der Waals surface area contributed by atoms with Gasteiger partial charge in [-0.15, -0.1) is 0 Å². The first-order valence-corrected chi connectivity index (χ1v) is 15.9. The Labute approximate surface area is 278 Å². The maximum Gasteiger partial charge on any atom is 0.338 e. The van der Waals surface area contributed by atoms with Crippen LogP contribution in [0.4, 0.5) is 0 Å². The number of nitrogens with zero attached hydrogens (tertiary/aromatic N) is 2. The van der Waals surface area contributed by atoms with Crippen LogP contribution in [0.5, 0.6) is 11.5 Å². The lowest BCUT2D eigenvalue weighted by atomic mass is 9.96. The number of hydrogen-bond acceptors (Lipinski definition) is 9. The molecule has 0 aliphatic carbocycles. The molecule has 3 aromatic carbocycles. The molecule has 0 radical (unpaired) electrons. The van der Waals surface area contributed by atoms with Crippen molar-refractivity contribution in [3.8, 4) is 11.5 Å². The highest BCUT2D eigenvalue weighted by Crippen LogP contribution is 2.38. The molecule has 0 amide bonds. The fourth-order valence-electron chi connectivity index (χ4n) is 5.00. The van der Waals surface area contributed by atoms with Crippen molar-refractivity contribution in [3.63, 3.8) is 0 Å². The molecule has 0 fully saturated rings. The predicted octanol–water partition coefficient (Wildman–Crippen LogP) is 5.87. The fraction of sp³-hybridized carbons (Fsp3) is 0.235. The van der Waals surface area contributed by atoms with Gasteiger partial charge in [-0.25, -0.2) is 14.6 Å². The van der Waals surface area contributed by atoms with Gasteiger partial charge in [0.15, 0.2) is 16.3 Å². The molecule has 0 saturated heterocycles. The van der Waals surface area contributed by atoms with Gasteiger partial charge >= 0.3 is 11.9 Å². The first-order valence-electron chi connectivity index (χ1n) is 14.4. The Kier molecular flexibility index (Phi) is 10.3. The third kappa shape index (κ3) is 6.74. The molecule has 1 atom stereocenters. The molecule has 0 N–H and O–H groups in total. The number of carbonyl (C=O) groups excluding carboxylic acids is 2. The van der Waals surface area contributed by atoms with Crippen LogP contribution in [0.3, 0.4) is 0 Å². The number of thiazole rings is 1. The smallest absolute Gasteiger partial charge is 0.338 e. The summed E-state index contributed by atoms with van der Waals surface area (Å²) in [6.45, 7) is 5.81. The van der Waals surface area contributed by atoms with Gasteiger partial charge < -0.3 is 18.9 Å². The molecule has 4 aromatic rings. The zero-order chi connectivity index (χ0) is 33.0. The summed E-state index contributed by atoms with van der Waals surface area (Å²) in [5.41, 5.74) is 2.76. The molecule has 238 valence electrons. The zero-order valence-electron chi connectivity index (χ0n) is 25.5. The van der Waals surface area contributed by atoms with Crippen LogP contribution in [0, 0.1) is 0 Å². The van der Waals surface area contributed by atoms with E-state index in [4.69, 9.17) is 42.1 Å². The standard InChI is InChI=1S/C34H30Cl2N2O7S/c1-5-43-32(40)22-13-11-20(12-14-22)18-45-30-25(36)15-21(16-26(30)42-4)17-27-31(39)38-29(23-9-7-8-10-24(23)35)28(33(41)44-6-2)19(3)37-34(38)46-27/h7-17,29H,5-6,18H2,1-4H3/b27-17-/t29-/m0/s1. The molecule has 0 bridgehead atoms. The summed E-state index contributed by atoms with van der Waals surface area (Å²) in [5, 5.41) is 0.677. The Bertz CT molecular complexity index is 2020. The van der Waals surface area contributed by atoms with Crippen LogP contribution in [0.2, 0.25) is 10.0 Å². The molecular formula is C34H30Cl2N2O7S. The molecule has 9 nitrogen and oxygen atoms in total. The summed E-state index contributed by atoms with van der Waals surface area (Å²) in [7, 11) is 1.49. The van der Waals surface area contributed by atoms with E-state index in [9.17, 15) is 14.4 Å². The number of rotatable bonds is 10. The summed E-state index contributed by atoms with van der Waals surface area (Å²) in [5.74, 6) is -0.267. The van der Waals surface area contributed by atoms with E-state index in [1.54, 1.807) is 87.5 Å². The normalized spacial score (nSPS) is 14.4. The predicted molar refractivity (Wildman–Crippen MR) is 177 cm³/mol. The Hall–Kier alpha value is -4.38. The summed E-state index contributed by atoms with van der Waals surface area (Å²) >= 11 is 14.4. The summed E-state index contributed by atoms with van der Waals surface area (Å²) in [6.07, 6.45) is 1.68. The first-order chi connectivity index (χ1) is 22.2. The zero-order valence-corrected chi connectivity index (χ0v) is 27.8. The van der Waals surface area contributed by atoms with Crippen molar-refractivity contribution in [1.29, 1.82) is 0 Å². The molecule has 1 aliphatic rings. The molecule has 46 heavy (non-hydrogen) atoms. The van der Waals surface area contributed by atoms with Gasteiger partial charge in [0.05, 0.1) is 46.7 Å². The second-order valence-electron chi connectivity index (χ2n) is 10.1. The van der Waals surface area contributed by atoms with E-state index >= 15 is 0 Å². The van der Waals surface area contributed by atoms with Crippen molar-refractivity contribution in [3.05, 3.63) is 124 Å². The maximum absolute atomic E-state index is 14.0. The highest BCUT2D eigenvalue weighted by Gasteiger charge is 2.34. The number of carbonyl (C=O) groups is 2. The lowest BCUT2D eigenvalue weighted by molar-refractivity contribution is -0.139. The molecule has 2 heterocycles. The number of allylic oxidation sites excluding steroid dienone is 1. The number of methoxy groups -OCH3 is 1. The molecule has 5 rings (SSSR count). The number of aromatic nitrogens is 1. The Balaban J connectivity index is 1.50. The summed E-state index contributed by atoms with van der Waals surface area (Å²) < 4.78 is 23.8. The van der Waals surface area contributed by atoms with Crippen LogP contribution in [0.15, 0.2) is 81.7 Å². The maximum atomic E-state index is 14.0.